The zero-order chi connectivity index (χ0) is 20.0. The molecule has 2 aromatic rings. The number of benzene rings is 2. The number of sulfonamides is 1. The van der Waals surface area contributed by atoms with E-state index >= 15 is 0 Å². The van der Waals surface area contributed by atoms with Crippen LogP contribution in [0.5, 0.6) is 0 Å². The van der Waals surface area contributed by atoms with E-state index in [9.17, 15) is 18.0 Å². The number of hydrogen-bond acceptors (Lipinski definition) is 5. The Labute approximate surface area is 159 Å². The van der Waals surface area contributed by atoms with E-state index in [0.29, 0.717) is 0 Å². The van der Waals surface area contributed by atoms with Crippen molar-refractivity contribution in [3.05, 3.63) is 65.7 Å². The Balaban J connectivity index is 2.02. The molecule has 1 unspecified atom stereocenters. The first-order valence-corrected chi connectivity index (χ1v) is 10.1. The lowest BCUT2D eigenvalue weighted by molar-refractivity contribution is -0.135. The number of carbonyl (C=O) groups is 2. The van der Waals surface area contributed by atoms with Crippen LogP contribution in [-0.4, -0.2) is 45.1 Å². The molecule has 0 saturated carbocycles. The smallest absolute Gasteiger partial charge is 0.340 e. The molecule has 144 valence electrons. The average Bonchev–Trinajstić information content (AvgIpc) is 2.64. The number of esters is 1. The highest BCUT2D eigenvalue weighted by Gasteiger charge is 2.20. The molecule has 0 heterocycles. The van der Waals surface area contributed by atoms with Gasteiger partial charge >= 0.3 is 5.97 Å². The summed E-state index contributed by atoms with van der Waals surface area (Å²) in [6, 6.07) is 15.3. The predicted molar refractivity (Wildman–Crippen MR) is 103 cm³/mol. The molecule has 0 aliphatic heterocycles. The van der Waals surface area contributed by atoms with Crippen molar-refractivity contribution in [2.75, 3.05) is 24.6 Å². The quantitative estimate of drug-likeness (QED) is 0.733. The van der Waals surface area contributed by atoms with Crippen molar-refractivity contribution in [3.63, 3.8) is 0 Å². The molecular formula is C19H22N2O5S. The van der Waals surface area contributed by atoms with Crippen LogP contribution >= 0.6 is 0 Å². The first-order valence-electron chi connectivity index (χ1n) is 8.23. The van der Waals surface area contributed by atoms with Crippen LogP contribution in [0.3, 0.4) is 0 Å². The van der Waals surface area contributed by atoms with E-state index in [2.05, 4.69) is 4.72 Å². The fourth-order valence-corrected chi connectivity index (χ4v) is 3.01. The number of carbonyl (C=O) groups excluding carboxylic acids is 2. The molecule has 0 aromatic heterocycles. The largest absolute Gasteiger partial charge is 0.452 e. The number of nitrogens with one attached hydrogen (secondary N) is 1. The minimum Gasteiger partial charge on any atom is -0.452 e. The van der Waals surface area contributed by atoms with Crippen LogP contribution < -0.4 is 4.72 Å². The summed E-state index contributed by atoms with van der Waals surface area (Å²) in [5.41, 5.74) is 1.10. The Bertz CT molecular complexity index is 913. The Morgan fingerprint density at radius 3 is 2.30 bits per heavy atom. The van der Waals surface area contributed by atoms with Gasteiger partial charge in [-0.2, -0.15) is 0 Å². The summed E-state index contributed by atoms with van der Waals surface area (Å²) in [6.07, 6.45) is 0.985. The Kier molecular flexibility index (Phi) is 6.57. The fourth-order valence-electron chi connectivity index (χ4n) is 2.43. The number of likely N-dealkylation sites (N-methyl/N-ethyl adjacent to an activating group) is 1. The summed E-state index contributed by atoms with van der Waals surface area (Å²) < 4.78 is 30.2. The van der Waals surface area contributed by atoms with Crippen LogP contribution in [0, 0.1) is 0 Å². The van der Waals surface area contributed by atoms with E-state index < -0.39 is 22.6 Å². The number of hydrogen-bond donors (Lipinski definition) is 1. The van der Waals surface area contributed by atoms with Crippen LogP contribution in [0.1, 0.15) is 28.9 Å². The van der Waals surface area contributed by atoms with E-state index in [1.807, 2.05) is 37.3 Å². The van der Waals surface area contributed by atoms with Crippen molar-refractivity contribution >= 4 is 27.6 Å². The van der Waals surface area contributed by atoms with Gasteiger partial charge in [0.2, 0.25) is 10.0 Å². The standard InChI is InChI=1S/C19H22N2O5S/c1-14(15-9-5-4-6-10-15)21(2)18(22)13-26-19(23)16-11-7-8-12-17(16)20-27(3,24)25/h4-12,14,20H,13H2,1-3H3. The number of nitrogens with zero attached hydrogens (tertiary/aromatic N) is 1. The van der Waals surface area contributed by atoms with Gasteiger partial charge in [-0.3, -0.25) is 9.52 Å². The molecule has 1 atom stereocenters. The molecule has 8 heteroatoms. The van der Waals surface area contributed by atoms with Gasteiger partial charge in [0.05, 0.1) is 23.5 Å². The Morgan fingerprint density at radius 2 is 1.67 bits per heavy atom. The van der Waals surface area contributed by atoms with Gasteiger partial charge in [0.15, 0.2) is 6.61 Å². The maximum atomic E-state index is 12.3. The van der Waals surface area contributed by atoms with Gasteiger partial charge in [-0.15, -0.1) is 0 Å². The number of ether oxygens (including phenoxy) is 1. The van der Waals surface area contributed by atoms with Gasteiger partial charge in [0.1, 0.15) is 0 Å². The van der Waals surface area contributed by atoms with E-state index in [1.165, 1.54) is 17.0 Å². The van der Waals surface area contributed by atoms with Crippen molar-refractivity contribution in [2.45, 2.75) is 13.0 Å². The maximum absolute atomic E-state index is 12.3. The monoisotopic (exact) mass is 390 g/mol. The van der Waals surface area contributed by atoms with Gasteiger partial charge < -0.3 is 9.64 Å². The van der Waals surface area contributed by atoms with Crippen LogP contribution in [-0.2, 0) is 19.6 Å². The second-order valence-electron chi connectivity index (χ2n) is 6.09. The topological polar surface area (TPSA) is 92.8 Å². The molecule has 1 N–H and O–H groups in total. The average molecular weight is 390 g/mol. The molecular weight excluding hydrogens is 368 g/mol. The van der Waals surface area contributed by atoms with Gasteiger partial charge in [-0.1, -0.05) is 42.5 Å². The summed E-state index contributed by atoms with van der Waals surface area (Å²) in [4.78, 5) is 26.1. The molecule has 2 aromatic carbocycles. The number of para-hydroxylation sites is 1. The lowest BCUT2D eigenvalue weighted by Gasteiger charge is -2.25. The van der Waals surface area contributed by atoms with Crippen LogP contribution in [0.4, 0.5) is 5.69 Å². The third-order valence-electron chi connectivity index (χ3n) is 4.03. The van der Waals surface area contributed by atoms with Gasteiger partial charge in [-0.25, -0.2) is 13.2 Å². The van der Waals surface area contributed by atoms with Crippen LogP contribution in [0.15, 0.2) is 54.6 Å². The third kappa shape index (κ3) is 5.82. The first-order chi connectivity index (χ1) is 12.7. The van der Waals surface area contributed by atoms with E-state index in [0.717, 1.165) is 11.8 Å². The normalized spacial score (nSPS) is 12.1. The second-order valence-corrected chi connectivity index (χ2v) is 7.84. The highest BCUT2D eigenvalue weighted by Crippen LogP contribution is 2.19. The lowest BCUT2D eigenvalue weighted by Crippen LogP contribution is -2.33. The summed E-state index contributed by atoms with van der Waals surface area (Å²) in [5, 5.41) is 0. The predicted octanol–water partition coefficient (Wildman–Crippen LogP) is 2.43. The second kappa shape index (κ2) is 8.68. The van der Waals surface area contributed by atoms with E-state index in [-0.39, 0.29) is 23.2 Å². The van der Waals surface area contributed by atoms with Gasteiger partial charge in [-0.05, 0) is 24.6 Å². The summed E-state index contributed by atoms with van der Waals surface area (Å²) in [6.45, 7) is 1.43. The fraction of sp³-hybridized carbons (Fsp3) is 0.263. The molecule has 0 aliphatic rings. The van der Waals surface area contributed by atoms with Crippen molar-refractivity contribution in [1.82, 2.24) is 4.90 Å². The number of rotatable bonds is 7. The molecule has 0 fully saturated rings. The van der Waals surface area contributed by atoms with Crippen molar-refractivity contribution in [3.8, 4) is 0 Å². The Hall–Kier alpha value is -2.87. The molecule has 7 nitrogen and oxygen atoms in total. The lowest BCUT2D eigenvalue weighted by atomic mass is 10.1. The molecule has 0 bridgehead atoms. The molecule has 1 amide bonds. The first kappa shape index (κ1) is 20.4. The third-order valence-corrected chi connectivity index (χ3v) is 4.62. The SMILES string of the molecule is CC(c1ccccc1)N(C)C(=O)COC(=O)c1ccccc1NS(C)(=O)=O. The van der Waals surface area contributed by atoms with Gasteiger partial charge in [0, 0.05) is 7.05 Å². The van der Waals surface area contributed by atoms with Crippen LogP contribution in [0.2, 0.25) is 0 Å². The van der Waals surface area contributed by atoms with Crippen molar-refractivity contribution < 1.29 is 22.7 Å². The minimum atomic E-state index is -3.55. The van der Waals surface area contributed by atoms with Crippen molar-refractivity contribution in [1.29, 1.82) is 0 Å². The maximum Gasteiger partial charge on any atom is 0.340 e. The Morgan fingerprint density at radius 1 is 1.07 bits per heavy atom. The highest BCUT2D eigenvalue weighted by atomic mass is 32.2. The number of anilines is 1. The van der Waals surface area contributed by atoms with E-state index in [1.54, 1.807) is 19.2 Å². The summed E-state index contributed by atoms with van der Waals surface area (Å²) in [7, 11) is -1.92. The molecule has 27 heavy (non-hydrogen) atoms. The molecule has 0 radical (unpaired) electrons. The summed E-state index contributed by atoms with van der Waals surface area (Å²) in [5.74, 6) is -1.15. The molecule has 0 aliphatic carbocycles. The zero-order valence-corrected chi connectivity index (χ0v) is 16.2. The molecule has 2 rings (SSSR count). The molecule has 0 saturated heterocycles. The number of amides is 1. The summed E-state index contributed by atoms with van der Waals surface area (Å²) >= 11 is 0. The van der Waals surface area contributed by atoms with Crippen molar-refractivity contribution in [2.24, 2.45) is 0 Å². The zero-order valence-electron chi connectivity index (χ0n) is 15.4. The highest BCUT2D eigenvalue weighted by molar-refractivity contribution is 7.92. The van der Waals surface area contributed by atoms with Gasteiger partial charge in [0.25, 0.3) is 5.91 Å². The van der Waals surface area contributed by atoms with E-state index in [4.69, 9.17) is 4.74 Å². The van der Waals surface area contributed by atoms with Crippen LogP contribution in [0.25, 0.3) is 0 Å². The molecule has 0 spiro atoms. The minimum absolute atomic E-state index is 0.0366.